The van der Waals surface area contributed by atoms with Crippen molar-refractivity contribution in [1.29, 1.82) is 0 Å². The van der Waals surface area contributed by atoms with Gasteiger partial charge in [0.25, 0.3) is 0 Å². The van der Waals surface area contributed by atoms with Crippen LogP contribution in [0.4, 0.5) is 0 Å². The third-order valence-electron chi connectivity index (χ3n) is 3.21. The zero-order chi connectivity index (χ0) is 11.5. The number of nitrogens with zero attached hydrogens (tertiary/aromatic N) is 2. The number of aromatic amines is 1. The van der Waals surface area contributed by atoms with Crippen molar-refractivity contribution in [1.82, 2.24) is 20.5 Å². The summed E-state index contributed by atoms with van der Waals surface area (Å²) in [4.78, 5) is 4.55. The van der Waals surface area contributed by atoms with Gasteiger partial charge in [-0.3, -0.25) is 5.10 Å². The Morgan fingerprint density at radius 2 is 2.12 bits per heavy atom. The van der Waals surface area contributed by atoms with E-state index in [4.69, 9.17) is 0 Å². The normalized spacial score (nSPS) is 19.6. The van der Waals surface area contributed by atoms with Crippen molar-refractivity contribution in [3.05, 3.63) is 36.2 Å². The molecule has 1 fully saturated rings. The summed E-state index contributed by atoms with van der Waals surface area (Å²) in [5.41, 5.74) is 1.07. The second kappa shape index (κ2) is 4.67. The molecule has 4 nitrogen and oxygen atoms in total. The van der Waals surface area contributed by atoms with Crippen molar-refractivity contribution in [3.8, 4) is 11.4 Å². The Hall–Kier alpha value is -1.68. The molecule has 1 saturated heterocycles. The highest BCUT2D eigenvalue weighted by Crippen LogP contribution is 2.16. The van der Waals surface area contributed by atoms with Gasteiger partial charge in [0.2, 0.25) is 0 Å². The molecule has 2 aromatic rings. The van der Waals surface area contributed by atoms with E-state index >= 15 is 0 Å². The van der Waals surface area contributed by atoms with E-state index in [-0.39, 0.29) is 0 Å². The average molecular weight is 228 g/mol. The summed E-state index contributed by atoms with van der Waals surface area (Å²) in [5, 5.41) is 10.7. The van der Waals surface area contributed by atoms with Gasteiger partial charge in [0.1, 0.15) is 5.82 Å². The molecule has 0 aliphatic carbocycles. The van der Waals surface area contributed by atoms with Crippen LogP contribution in [0.3, 0.4) is 0 Å². The van der Waals surface area contributed by atoms with Crippen LogP contribution < -0.4 is 5.32 Å². The number of hydrogen-bond acceptors (Lipinski definition) is 3. The van der Waals surface area contributed by atoms with E-state index in [9.17, 15) is 0 Å². The second-order valence-corrected chi connectivity index (χ2v) is 4.53. The molecule has 1 atom stereocenters. The van der Waals surface area contributed by atoms with Crippen LogP contribution in [-0.2, 0) is 6.42 Å². The fraction of sp³-hybridized carbons (Fsp3) is 0.385. The average Bonchev–Trinajstić information content (AvgIpc) is 3.02. The molecule has 2 heterocycles. The van der Waals surface area contributed by atoms with Gasteiger partial charge in [-0.1, -0.05) is 30.3 Å². The summed E-state index contributed by atoms with van der Waals surface area (Å²) < 4.78 is 0. The largest absolute Gasteiger partial charge is 0.316 e. The SMILES string of the molecule is c1ccc(-c2n[nH]c(CC3CCNC3)n2)cc1. The quantitative estimate of drug-likeness (QED) is 0.839. The van der Waals surface area contributed by atoms with Gasteiger partial charge < -0.3 is 5.32 Å². The molecule has 0 spiro atoms. The number of H-pyrrole nitrogens is 1. The lowest BCUT2D eigenvalue weighted by molar-refractivity contribution is 0.563. The van der Waals surface area contributed by atoms with E-state index in [1.807, 2.05) is 30.3 Å². The van der Waals surface area contributed by atoms with Crippen LogP contribution in [0.1, 0.15) is 12.2 Å². The first-order valence-corrected chi connectivity index (χ1v) is 6.09. The number of aromatic nitrogens is 3. The third kappa shape index (κ3) is 2.36. The molecule has 0 amide bonds. The molecule has 4 heteroatoms. The summed E-state index contributed by atoms with van der Waals surface area (Å²) >= 11 is 0. The van der Waals surface area contributed by atoms with Crippen LogP contribution in [0.25, 0.3) is 11.4 Å². The predicted octanol–water partition coefficient (Wildman–Crippen LogP) is 1.62. The molecule has 1 aromatic heterocycles. The van der Waals surface area contributed by atoms with Crippen LogP contribution in [0.5, 0.6) is 0 Å². The molecule has 17 heavy (non-hydrogen) atoms. The number of hydrogen-bond donors (Lipinski definition) is 2. The Labute approximate surface area is 100 Å². The van der Waals surface area contributed by atoms with Crippen molar-refractivity contribution in [2.75, 3.05) is 13.1 Å². The summed E-state index contributed by atoms with van der Waals surface area (Å²) in [5.74, 6) is 2.50. The zero-order valence-electron chi connectivity index (χ0n) is 9.69. The monoisotopic (exact) mass is 228 g/mol. The van der Waals surface area contributed by atoms with Crippen LogP contribution in [0.15, 0.2) is 30.3 Å². The molecule has 0 radical (unpaired) electrons. The van der Waals surface area contributed by atoms with E-state index in [0.717, 1.165) is 36.7 Å². The highest BCUT2D eigenvalue weighted by Gasteiger charge is 2.17. The minimum absolute atomic E-state index is 0.701. The maximum atomic E-state index is 4.55. The van der Waals surface area contributed by atoms with E-state index in [0.29, 0.717) is 5.92 Å². The van der Waals surface area contributed by atoms with Crippen LogP contribution in [-0.4, -0.2) is 28.3 Å². The van der Waals surface area contributed by atoms with Crippen molar-refractivity contribution < 1.29 is 0 Å². The minimum atomic E-state index is 0.701. The molecular formula is C13H16N4. The topological polar surface area (TPSA) is 53.6 Å². The highest BCUT2D eigenvalue weighted by atomic mass is 15.2. The first-order chi connectivity index (χ1) is 8.42. The lowest BCUT2D eigenvalue weighted by Crippen LogP contribution is -2.11. The van der Waals surface area contributed by atoms with Gasteiger partial charge in [0.15, 0.2) is 5.82 Å². The minimum Gasteiger partial charge on any atom is -0.316 e. The standard InChI is InChI=1S/C13H16N4/c1-2-4-11(5-3-1)13-15-12(16-17-13)8-10-6-7-14-9-10/h1-5,10,14H,6-9H2,(H,15,16,17). The smallest absolute Gasteiger partial charge is 0.181 e. The molecule has 1 aliphatic heterocycles. The fourth-order valence-electron chi connectivity index (χ4n) is 2.27. The van der Waals surface area contributed by atoms with Crippen molar-refractivity contribution in [2.24, 2.45) is 5.92 Å². The Morgan fingerprint density at radius 1 is 1.24 bits per heavy atom. The van der Waals surface area contributed by atoms with Crippen molar-refractivity contribution in [3.63, 3.8) is 0 Å². The predicted molar refractivity (Wildman–Crippen MR) is 66.5 cm³/mol. The van der Waals surface area contributed by atoms with E-state index in [2.05, 4.69) is 20.5 Å². The first-order valence-electron chi connectivity index (χ1n) is 6.09. The maximum absolute atomic E-state index is 4.55. The Bertz CT molecular complexity index is 471. The summed E-state index contributed by atoms with van der Waals surface area (Å²) in [6, 6.07) is 10.1. The number of nitrogens with one attached hydrogen (secondary N) is 2. The summed E-state index contributed by atoms with van der Waals surface area (Å²) in [6.07, 6.45) is 2.23. The molecule has 2 N–H and O–H groups in total. The van der Waals surface area contributed by atoms with E-state index in [1.54, 1.807) is 0 Å². The Kier molecular flexibility index (Phi) is 2.88. The molecule has 3 rings (SSSR count). The zero-order valence-corrected chi connectivity index (χ0v) is 9.69. The van der Waals surface area contributed by atoms with Crippen LogP contribution in [0.2, 0.25) is 0 Å². The van der Waals surface area contributed by atoms with Crippen LogP contribution >= 0.6 is 0 Å². The molecule has 1 aromatic carbocycles. The van der Waals surface area contributed by atoms with Gasteiger partial charge in [-0.15, -0.1) is 0 Å². The molecule has 88 valence electrons. The highest BCUT2D eigenvalue weighted by molar-refractivity contribution is 5.53. The third-order valence-corrected chi connectivity index (χ3v) is 3.21. The molecule has 0 saturated carbocycles. The van der Waals surface area contributed by atoms with Gasteiger partial charge in [0.05, 0.1) is 0 Å². The van der Waals surface area contributed by atoms with Gasteiger partial charge in [-0.25, -0.2) is 4.98 Å². The van der Waals surface area contributed by atoms with Gasteiger partial charge >= 0.3 is 0 Å². The first kappa shape index (κ1) is 10.5. The fourth-order valence-corrected chi connectivity index (χ4v) is 2.27. The molecule has 0 bridgehead atoms. The van der Waals surface area contributed by atoms with Gasteiger partial charge in [-0.05, 0) is 25.4 Å². The van der Waals surface area contributed by atoms with E-state index in [1.165, 1.54) is 6.42 Å². The van der Waals surface area contributed by atoms with Crippen molar-refractivity contribution >= 4 is 0 Å². The van der Waals surface area contributed by atoms with Crippen LogP contribution in [0, 0.1) is 5.92 Å². The molecule has 1 unspecified atom stereocenters. The molecular weight excluding hydrogens is 212 g/mol. The second-order valence-electron chi connectivity index (χ2n) is 4.53. The summed E-state index contributed by atoms with van der Waals surface area (Å²) in [7, 11) is 0. The molecule has 1 aliphatic rings. The number of benzene rings is 1. The number of rotatable bonds is 3. The van der Waals surface area contributed by atoms with E-state index < -0.39 is 0 Å². The van der Waals surface area contributed by atoms with Gasteiger partial charge in [-0.2, -0.15) is 5.10 Å². The lowest BCUT2D eigenvalue weighted by atomic mass is 10.1. The Morgan fingerprint density at radius 3 is 2.88 bits per heavy atom. The Balaban J connectivity index is 1.74. The summed E-state index contributed by atoms with van der Waals surface area (Å²) in [6.45, 7) is 2.23. The lowest BCUT2D eigenvalue weighted by Gasteiger charge is -2.03. The van der Waals surface area contributed by atoms with Crippen molar-refractivity contribution in [2.45, 2.75) is 12.8 Å². The van der Waals surface area contributed by atoms with Gasteiger partial charge in [0, 0.05) is 12.0 Å². The maximum Gasteiger partial charge on any atom is 0.181 e.